The Labute approximate surface area is 156 Å². The number of fused-ring (bicyclic) bond motifs is 1. The van der Waals surface area contributed by atoms with Gasteiger partial charge in [0.15, 0.2) is 0 Å². The van der Waals surface area contributed by atoms with Crippen LogP contribution in [0.1, 0.15) is 44.6 Å². The molecular formula is C20H29N3O2S. The number of hydrogen-bond acceptors (Lipinski definition) is 2. The van der Waals surface area contributed by atoms with Crippen molar-refractivity contribution in [3.63, 3.8) is 0 Å². The molecular weight excluding hydrogens is 346 g/mol. The maximum atomic E-state index is 13.1. The summed E-state index contributed by atoms with van der Waals surface area (Å²) in [5, 5.41) is 1.27. The highest BCUT2D eigenvalue weighted by Crippen LogP contribution is 2.34. The van der Waals surface area contributed by atoms with Gasteiger partial charge in [0.25, 0.3) is 10.2 Å². The van der Waals surface area contributed by atoms with Crippen molar-refractivity contribution in [3.8, 4) is 0 Å². The van der Waals surface area contributed by atoms with Gasteiger partial charge in [0.1, 0.15) is 0 Å². The molecule has 2 aromatic rings. The van der Waals surface area contributed by atoms with Crippen molar-refractivity contribution >= 4 is 21.1 Å². The molecule has 0 radical (unpaired) electrons. The first-order valence-electron chi connectivity index (χ1n) is 9.76. The fourth-order valence-electron chi connectivity index (χ4n) is 4.79. The predicted octanol–water partition coefficient (Wildman–Crippen LogP) is 3.57. The lowest BCUT2D eigenvalue weighted by Crippen LogP contribution is -2.51. The maximum absolute atomic E-state index is 13.1. The van der Waals surface area contributed by atoms with Crippen LogP contribution in [-0.2, 0) is 10.2 Å². The Morgan fingerprint density at radius 1 is 1.00 bits per heavy atom. The van der Waals surface area contributed by atoms with Crippen molar-refractivity contribution in [1.82, 2.24) is 13.6 Å². The van der Waals surface area contributed by atoms with Gasteiger partial charge in [-0.3, -0.25) is 0 Å². The fraction of sp³-hybridized carbons (Fsp3) is 0.600. The number of hydrogen-bond donors (Lipinski definition) is 1. The van der Waals surface area contributed by atoms with Gasteiger partial charge in [0, 0.05) is 43.3 Å². The van der Waals surface area contributed by atoms with Crippen LogP contribution in [-0.4, -0.2) is 48.2 Å². The van der Waals surface area contributed by atoms with Gasteiger partial charge in [-0.2, -0.15) is 17.0 Å². The topological polar surface area (TPSA) is 56.4 Å². The average molecular weight is 376 g/mol. The Hall–Kier alpha value is -1.37. The van der Waals surface area contributed by atoms with Crippen LogP contribution in [0.2, 0.25) is 0 Å². The molecule has 1 aromatic heterocycles. The molecule has 26 heavy (non-hydrogen) atoms. The summed E-state index contributed by atoms with van der Waals surface area (Å²) in [6, 6.07) is 8.36. The second-order valence-electron chi connectivity index (χ2n) is 8.23. The van der Waals surface area contributed by atoms with Crippen molar-refractivity contribution in [1.29, 1.82) is 0 Å². The van der Waals surface area contributed by atoms with Crippen LogP contribution in [0.3, 0.4) is 0 Å². The standard InChI is InChI=1S/C20H29N3O2S/c1-15-11-16(2)14-23(13-15)26(24,25)22-9-7-17(8-10-22)19-12-21-20-6-4-3-5-18(19)20/h3-6,12,15-17,21H,7-11,13-14H2,1-2H3. The zero-order chi connectivity index (χ0) is 18.3. The maximum Gasteiger partial charge on any atom is 0.281 e. The smallest absolute Gasteiger partial charge is 0.281 e. The molecule has 142 valence electrons. The third kappa shape index (κ3) is 3.30. The quantitative estimate of drug-likeness (QED) is 0.892. The summed E-state index contributed by atoms with van der Waals surface area (Å²) < 4.78 is 29.6. The van der Waals surface area contributed by atoms with E-state index < -0.39 is 10.2 Å². The van der Waals surface area contributed by atoms with Crippen molar-refractivity contribution in [2.24, 2.45) is 11.8 Å². The normalized spacial score (nSPS) is 27.2. The van der Waals surface area contributed by atoms with E-state index in [9.17, 15) is 8.42 Å². The van der Waals surface area contributed by atoms with Crippen LogP contribution < -0.4 is 0 Å². The zero-order valence-electron chi connectivity index (χ0n) is 15.7. The molecule has 4 rings (SSSR count). The summed E-state index contributed by atoms with van der Waals surface area (Å²) in [4.78, 5) is 3.35. The molecule has 6 heteroatoms. The number of benzene rings is 1. The van der Waals surface area contributed by atoms with E-state index in [0.717, 1.165) is 24.8 Å². The molecule has 0 saturated carbocycles. The van der Waals surface area contributed by atoms with Gasteiger partial charge in [-0.15, -0.1) is 0 Å². The van der Waals surface area contributed by atoms with E-state index in [2.05, 4.69) is 43.2 Å². The predicted molar refractivity (Wildman–Crippen MR) is 105 cm³/mol. The molecule has 1 N–H and O–H groups in total. The number of piperidine rings is 2. The largest absolute Gasteiger partial charge is 0.361 e. The van der Waals surface area contributed by atoms with Crippen LogP contribution in [0.5, 0.6) is 0 Å². The van der Waals surface area contributed by atoms with E-state index in [-0.39, 0.29) is 0 Å². The summed E-state index contributed by atoms with van der Waals surface area (Å²) in [6.45, 7) is 6.87. The zero-order valence-corrected chi connectivity index (χ0v) is 16.5. The minimum Gasteiger partial charge on any atom is -0.361 e. The molecule has 1 aromatic carbocycles. The summed E-state index contributed by atoms with van der Waals surface area (Å²) in [7, 11) is -3.33. The third-order valence-electron chi connectivity index (χ3n) is 6.00. The summed E-state index contributed by atoms with van der Waals surface area (Å²) in [5.41, 5.74) is 2.49. The molecule has 2 fully saturated rings. The Morgan fingerprint density at radius 2 is 1.65 bits per heavy atom. The molecule has 0 spiro atoms. The number of rotatable bonds is 3. The van der Waals surface area contributed by atoms with E-state index in [1.807, 2.05) is 6.07 Å². The van der Waals surface area contributed by atoms with Gasteiger partial charge in [-0.05, 0) is 48.6 Å². The van der Waals surface area contributed by atoms with Gasteiger partial charge in [-0.1, -0.05) is 32.0 Å². The Morgan fingerprint density at radius 3 is 2.35 bits per heavy atom. The number of para-hydroxylation sites is 1. The number of nitrogens with one attached hydrogen (secondary N) is 1. The number of aromatic nitrogens is 1. The minimum atomic E-state index is -3.33. The van der Waals surface area contributed by atoms with E-state index in [0.29, 0.717) is 43.9 Å². The molecule has 3 heterocycles. The lowest BCUT2D eigenvalue weighted by atomic mass is 9.90. The van der Waals surface area contributed by atoms with Crippen LogP contribution in [0.25, 0.3) is 10.9 Å². The third-order valence-corrected chi connectivity index (χ3v) is 7.97. The first-order chi connectivity index (χ1) is 12.4. The van der Waals surface area contributed by atoms with Crippen molar-refractivity contribution in [3.05, 3.63) is 36.0 Å². The molecule has 0 aliphatic carbocycles. The molecule has 0 amide bonds. The molecule has 2 unspecified atom stereocenters. The van der Waals surface area contributed by atoms with E-state index in [1.54, 1.807) is 8.61 Å². The molecule has 2 aliphatic rings. The highest BCUT2D eigenvalue weighted by atomic mass is 32.2. The van der Waals surface area contributed by atoms with Crippen LogP contribution >= 0.6 is 0 Å². The van der Waals surface area contributed by atoms with Gasteiger partial charge in [0.2, 0.25) is 0 Å². The summed E-state index contributed by atoms with van der Waals surface area (Å²) >= 11 is 0. The molecule has 2 aliphatic heterocycles. The lowest BCUT2D eigenvalue weighted by Gasteiger charge is -2.39. The molecule has 5 nitrogen and oxygen atoms in total. The van der Waals surface area contributed by atoms with Crippen molar-refractivity contribution < 1.29 is 8.42 Å². The van der Waals surface area contributed by atoms with Crippen LogP contribution in [0.15, 0.2) is 30.5 Å². The monoisotopic (exact) mass is 375 g/mol. The summed E-state index contributed by atoms with van der Waals surface area (Å²) in [6.07, 6.45) is 5.00. The second kappa shape index (κ2) is 6.98. The molecule has 0 bridgehead atoms. The first kappa shape index (κ1) is 18.0. The number of H-pyrrole nitrogens is 1. The van der Waals surface area contributed by atoms with E-state index in [1.165, 1.54) is 10.9 Å². The number of aromatic amines is 1. The Balaban J connectivity index is 1.46. The van der Waals surface area contributed by atoms with E-state index >= 15 is 0 Å². The Bertz CT molecular complexity index is 858. The van der Waals surface area contributed by atoms with Crippen LogP contribution in [0.4, 0.5) is 0 Å². The van der Waals surface area contributed by atoms with Crippen molar-refractivity contribution in [2.45, 2.75) is 39.0 Å². The lowest BCUT2D eigenvalue weighted by molar-refractivity contribution is 0.202. The fourth-order valence-corrected chi connectivity index (χ4v) is 6.67. The van der Waals surface area contributed by atoms with E-state index in [4.69, 9.17) is 0 Å². The SMILES string of the molecule is CC1CC(C)CN(S(=O)(=O)N2CCC(c3c[nH]c4ccccc34)CC2)C1. The van der Waals surface area contributed by atoms with Gasteiger partial charge >= 0.3 is 0 Å². The van der Waals surface area contributed by atoms with Gasteiger partial charge in [-0.25, -0.2) is 0 Å². The highest BCUT2D eigenvalue weighted by molar-refractivity contribution is 7.86. The second-order valence-corrected chi connectivity index (χ2v) is 10.2. The molecule has 2 atom stereocenters. The van der Waals surface area contributed by atoms with Crippen LogP contribution in [0, 0.1) is 11.8 Å². The summed E-state index contributed by atoms with van der Waals surface area (Å²) in [5.74, 6) is 1.31. The minimum absolute atomic E-state index is 0.428. The average Bonchev–Trinajstić information content (AvgIpc) is 3.05. The Kier molecular flexibility index (Phi) is 4.84. The van der Waals surface area contributed by atoms with Gasteiger partial charge in [0.05, 0.1) is 0 Å². The van der Waals surface area contributed by atoms with Crippen molar-refractivity contribution in [2.75, 3.05) is 26.2 Å². The first-order valence-corrected chi connectivity index (χ1v) is 11.2. The van der Waals surface area contributed by atoms with Gasteiger partial charge < -0.3 is 4.98 Å². The number of nitrogens with zero attached hydrogens (tertiary/aromatic N) is 2. The highest BCUT2D eigenvalue weighted by Gasteiger charge is 2.37. The molecule has 2 saturated heterocycles.